The predicted octanol–water partition coefficient (Wildman–Crippen LogP) is 3.70. The number of rotatable bonds is 8. The normalized spacial score (nSPS) is 13.9. The van der Waals surface area contributed by atoms with E-state index in [1.54, 1.807) is 31.2 Å². The van der Waals surface area contributed by atoms with Crippen molar-refractivity contribution in [2.24, 2.45) is 0 Å². The molecule has 1 N–H and O–H groups in total. The number of hydrogen-bond acceptors (Lipinski definition) is 5. The summed E-state index contributed by atoms with van der Waals surface area (Å²) in [5, 5.41) is 3.12. The molecule has 0 spiro atoms. The molecule has 1 aliphatic rings. The van der Waals surface area contributed by atoms with E-state index >= 15 is 0 Å². The van der Waals surface area contributed by atoms with Crippen molar-refractivity contribution >= 4 is 23.1 Å². The maximum absolute atomic E-state index is 12.9. The topological polar surface area (TPSA) is 67.9 Å². The molecule has 2 aromatic rings. The number of nitrogens with zero attached hydrogens (tertiary/aromatic N) is 1. The van der Waals surface area contributed by atoms with Crippen LogP contribution < -0.4 is 14.8 Å². The van der Waals surface area contributed by atoms with E-state index in [2.05, 4.69) is 5.32 Å². The molecule has 0 bridgehead atoms. The third-order valence-corrected chi connectivity index (χ3v) is 4.37. The zero-order valence-corrected chi connectivity index (χ0v) is 16.3. The maximum atomic E-state index is 12.9. The Balaban J connectivity index is 1.96. The van der Waals surface area contributed by atoms with Crippen molar-refractivity contribution in [1.29, 1.82) is 0 Å². The van der Waals surface area contributed by atoms with Crippen molar-refractivity contribution in [2.45, 2.75) is 20.8 Å². The zero-order chi connectivity index (χ0) is 20.1. The lowest BCUT2D eigenvalue weighted by Gasteiger charge is -2.12. The SMILES string of the molecule is CCOc1ccc(NC2=C(c3ccc(OCC)cc3)C(=O)N(CC)C2=O)cc1. The minimum Gasteiger partial charge on any atom is -0.494 e. The van der Waals surface area contributed by atoms with Gasteiger partial charge < -0.3 is 14.8 Å². The number of benzene rings is 2. The average Bonchev–Trinajstić information content (AvgIpc) is 2.94. The fraction of sp³-hybridized carbons (Fsp3) is 0.273. The van der Waals surface area contributed by atoms with E-state index in [0.717, 1.165) is 11.5 Å². The number of carbonyl (C=O) groups is 2. The Labute approximate surface area is 164 Å². The summed E-state index contributed by atoms with van der Waals surface area (Å²) in [6.07, 6.45) is 0. The van der Waals surface area contributed by atoms with Gasteiger partial charge >= 0.3 is 0 Å². The van der Waals surface area contributed by atoms with Crippen LogP contribution >= 0.6 is 0 Å². The molecule has 1 heterocycles. The standard InChI is InChI=1S/C22H24N2O4/c1-4-24-21(25)19(15-7-11-17(12-8-15)27-5-2)20(22(24)26)23-16-9-13-18(14-10-16)28-6-3/h7-14,23H,4-6H2,1-3H3. The molecule has 2 aromatic carbocycles. The highest BCUT2D eigenvalue weighted by Crippen LogP contribution is 2.31. The molecule has 0 unspecified atom stereocenters. The molecule has 0 atom stereocenters. The van der Waals surface area contributed by atoms with Crippen molar-refractivity contribution in [3.8, 4) is 11.5 Å². The van der Waals surface area contributed by atoms with Gasteiger partial charge in [-0.05, 0) is 62.7 Å². The summed E-state index contributed by atoms with van der Waals surface area (Å²) in [6, 6.07) is 14.5. The number of likely N-dealkylation sites (N-methyl/N-ethyl adjacent to an activating group) is 1. The van der Waals surface area contributed by atoms with Gasteiger partial charge in [-0.2, -0.15) is 0 Å². The maximum Gasteiger partial charge on any atom is 0.278 e. The van der Waals surface area contributed by atoms with Crippen molar-refractivity contribution in [1.82, 2.24) is 4.90 Å². The molecule has 0 aliphatic carbocycles. The first-order valence-corrected chi connectivity index (χ1v) is 9.42. The summed E-state index contributed by atoms with van der Waals surface area (Å²) in [6.45, 7) is 7.07. The number of imide groups is 1. The largest absolute Gasteiger partial charge is 0.494 e. The van der Waals surface area contributed by atoms with Crippen LogP contribution in [0.25, 0.3) is 5.57 Å². The molecule has 1 aliphatic heterocycles. The molecule has 6 heteroatoms. The van der Waals surface area contributed by atoms with E-state index in [9.17, 15) is 9.59 Å². The Kier molecular flexibility index (Phi) is 5.99. The number of anilines is 1. The number of carbonyl (C=O) groups excluding carboxylic acids is 2. The number of hydrogen-bond donors (Lipinski definition) is 1. The van der Waals surface area contributed by atoms with Gasteiger partial charge in [0.25, 0.3) is 11.8 Å². The van der Waals surface area contributed by atoms with E-state index in [0.29, 0.717) is 36.6 Å². The summed E-state index contributed by atoms with van der Waals surface area (Å²) in [5.41, 5.74) is 2.02. The van der Waals surface area contributed by atoms with E-state index in [-0.39, 0.29) is 17.5 Å². The fourth-order valence-electron chi connectivity index (χ4n) is 3.08. The highest BCUT2D eigenvalue weighted by Gasteiger charge is 2.38. The molecule has 0 fully saturated rings. The highest BCUT2D eigenvalue weighted by molar-refractivity contribution is 6.36. The van der Waals surface area contributed by atoms with Crippen LogP contribution in [0.15, 0.2) is 54.2 Å². The third-order valence-electron chi connectivity index (χ3n) is 4.37. The van der Waals surface area contributed by atoms with E-state index < -0.39 is 0 Å². The van der Waals surface area contributed by atoms with E-state index in [1.165, 1.54) is 4.90 Å². The first kappa shape index (κ1) is 19.5. The van der Waals surface area contributed by atoms with Crippen molar-refractivity contribution in [2.75, 3.05) is 25.1 Å². The Morgan fingerprint density at radius 1 is 0.786 bits per heavy atom. The van der Waals surface area contributed by atoms with Crippen LogP contribution in [-0.2, 0) is 9.59 Å². The van der Waals surface area contributed by atoms with Crippen LogP contribution in [0, 0.1) is 0 Å². The summed E-state index contributed by atoms with van der Waals surface area (Å²) in [4.78, 5) is 26.9. The number of ether oxygens (including phenoxy) is 2. The lowest BCUT2D eigenvalue weighted by molar-refractivity contribution is -0.136. The second kappa shape index (κ2) is 8.61. The van der Waals surface area contributed by atoms with Crippen molar-refractivity contribution in [3.63, 3.8) is 0 Å². The summed E-state index contributed by atoms with van der Waals surface area (Å²) in [7, 11) is 0. The summed E-state index contributed by atoms with van der Waals surface area (Å²) >= 11 is 0. The smallest absolute Gasteiger partial charge is 0.278 e. The van der Waals surface area contributed by atoms with Gasteiger partial charge in [-0.25, -0.2) is 0 Å². The van der Waals surface area contributed by atoms with E-state index in [1.807, 2.05) is 38.1 Å². The first-order valence-electron chi connectivity index (χ1n) is 9.42. The average molecular weight is 380 g/mol. The Morgan fingerprint density at radius 2 is 1.32 bits per heavy atom. The van der Waals surface area contributed by atoms with Gasteiger partial charge in [0.05, 0.1) is 18.8 Å². The van der Waals surface area contributed by atoms with Crippen LogP contribution in [0.5, 0.6) is 11.5 Å². The molecule has 2 amide bonds. The van der Waals surface area contributed by atoms with Crippen molar-refractivity contribution < 1.29 is 19.1 Å². The summed E-state index contributed by atoms with van der Waals surface area (Å²) < 4.78 is 10.9. The van der Waals surface area contributed by atoms with Gasteiger partial charge in [-0.15, -0.1) is 0 Å². The van der Waals surface area contributed by atoms with Gasteiger partial charge in [0.1, 0.15) is 17.2 Å². The Morgan fingerprint density at radius 3 is 1.82 bits per heavy atom. The molecule has 0 saturated carbocycles. The minimum atomic E-state index is -0.328. The lowest BCUT2D eigenvalue weighted by Crippen LogP contribution is -2.32. The molecule has 0 aromatic heterocycles. The molecule has 6 nitrogen and oxygen atoms in total. The van der Waals surface area contributed by atoms with Crippen LogP contribution in [0.3, 0.4) is 0 Å². The van der Waals surface area contributed by atoms with Gasteiger partial charge in [0, 0.05) is 12.2 Å². The fourth-order valence-corrected chi connectivity index (χ4v) is 3.08. The van der Waals surface area contributed by atoms with Crippen LogP contribution in [-0.4, -0.2) is 36.5 Å². The van der Waals surface area contributed by atoms with E-state index in [4.69, 9.17) is 9.47 Å². The first-order chi connectivity index (χ1) is 13.6. The Bertz CT molecular complexity index is 886. The summed E-state index contributed by atoms with van der Waals surface area (Å²) in [5.74, 6) is 0.838. The molecule has 0 saturated heterocycles. The highest BCUT2D eigenvalue weighted by atomic mass is 16.5. The molecule has 28 heavy (non-hydrogen) atoms. The molecule has 0 radical (unpaired) electrons. The van der Waals surface area contributed by atoms with Crippen molar-refractivity contribution in [3.05, 3.63) is 59.8 Å². The number of nitrogens with one attached hydrogen (secondary N) is 1. The second-order valence-corrected chi connectivity index (χ2v) is 6.14. The molecular weight excluding hydrogens is 356 g/mol. The van der Waals surface area contributed by atoms with Crippen LogP contribution in [0.1, 0.15) is 26.3 Å². The van der Waals surface area contributed by atoms with Gasteiger partial charge in [0.15, 0.2) is 0 Å². The Hall–Kier alpha value is -3.28. The minimum absolute atomic E-state index is 0.278. The quantitative estimate of drug-likeness (QED) is 0.708. The van der Waals surface area contributed by atoms with Gasteiger partial charge in [-0.1, -0.05) is 12.1 Å². The molecule has 146 valence electrons. The predicted molar refractivity (Wildman–Crippen MR) is 108 cm³/mol. The number of amides is 2. The lowest BCUT2D eigenvalue weighted by atomic mass is 10.0. The third kappa shape index (κ3) is 3.86. The van der Waals surface area contributed by atoms with Gasteiger partial charge in [-0.3, -0.25) is 14.5 Å². The second-order valence-electron chi connectivity index (χ2n) is 6.14. The van der Waals surface area contributed by atoms with Gasteiger partial charge in [0.2, 0.25) is 0 Å². The molecule has 3 rings (SSSR count). The zero-order valence-electron chi connectivity index (χ0n) is 16.3. The van der Waals surface area contributed by atoms with Crippen LogP contribution in [0.2, 0.25) is 0 Å². The van der Waals surface area contributed by atoms with Crippen LogP contribution in [0.4, 0.5) is 5.69 Å². The molecular formula is C22H24N2O4. The monoisotopic (exact) mass is 380 g/mol.